The minimum atomic E-state index is -0.304. The highest BCUT2D eigenvalue weighted by molar-refractivity contribution is 9.10. The highest BCUT2D eigenvalue weighted by Gasteiger charge is 2.17. The zero-order valence-electron chi connectivity index (χ0n) is 11.7. The van der Waals surface area contributed by atoms with E-state index in [1.54, 1.807) is 23.2 Å². The summed E-state index contributed by atoms with van der Waals surface area (Å²) in [4.78, 5) is 12.2. The van der Waals surface area contributed by atoms with Crippen molar-refractivity contribution in [2.45, 2.75) is 13.0 Å². The van der Waals surface area contributed by atoms with Gasteiger partial charge in [0.15, 0.2) is 5.69 Å². The van der Waals surface area contributed by atoms with Crippen LogP contribution in [0, 0.1) is 0 Å². The maximum Gasteiger partial charge on any atom is 0.274 e. The molecule has 22 heavy (non-hydrogen) atoms. The Balaban J connectivity index is 1.76. The van der Waals surface area contributed by atoms with Gasteiger partial charge in [-0.2, -0.15) is 0 Å². The third-order valence-electron chi connectivity index (χ3n) is 3.14. The van der Waals surface area contributed by atoms with Crippen molar-refractivity contribution in [3.05, 3.63) is 64.8 Å². The summed E-state index contributed by atoms with van der Waals surface area (Å²) in [6.07, 6.45) is 3.16. The lowest BCUT2D eigenvalue weighted by Gasteiger charge is -2.09. The molecule has 3 rings (SSSR count). The Kier molecular flexibility index (Phi) is 4.06. The molecule has 0 aliphatic carbocycles. The van der Waals surface area contributed by atoms with Crippen LogP contribution in [0.2, 0.25) is 0 Å². The number of hydrogen-bond donors (Lipinski definition) is 1. The Morgan fingerprint density at radius 1 is 1.32 bits per heavy atom. The van der Waals surface area contributed by atoms with Crippen LogP contribution in [0.3, 0.4) is 0 Å². The predicted molar refractivity (Wildman–Crippen MR) is 83.6 cm³/mol. The number of carbonyl (C=O) groups excluding carboxylic acids is 1. The summed E-state index contributed by atoms with van der Waals surface area (Å²) in [6.45, 7) is 1.84. The Labute approximate surface area is 135 Å². The van der Waals surface area contributed by atoms with E-state index in [9.17, 15) is 4.79 Å². The van der Waals surface area contributed by atoms with Crippen LogP contribution < -0.4 is 5.32 Å². The van der Waals surface area contributed by atoms with Gasteiger partial charge in [-0.1, -0.05) is 17.3 Å². The highest BCUT2D eigenvalue weighted by atomic mass is 79.9. The molecule has 2 aromatic heterocycles. The van der Waals surface area contributed by atoms with Crippen molar-refractivity contribution >= 4 is 21.8 Å². The molecule has 0 aliphatic rings. The van der Waals surface area contributed by atoms with Gasteiger partial charge < -0.3 is 9.73 Å². The van der Waals surface area contributed by atoms with Crippen molar-refractivity contribution in [3.63, 3.8) is 0 Å². The molecule has 0 saturated heterocycles. The van der Waals surface area contributed by atoms with Gasteiger partial charge in [0.05, 0.1) is 24.2 Å². The fourth-order valence-corrected chi connectivity index (χ4v) is 2.47. The van der Waals surface area contributed by atoms with E-state index in [2.05, 4.69) is 31.6 Å². The van der Waals surface area contributed by atoms with Gasteiger partial charge in [0, 0.05) is 4.47 Å². The number of amides is 1. The molecule has 112 valence electrons. The summed E-state index contributed by atoms with van der Waals surface area (Å²) in [7, 11) is 0. The zero-order valence-corrected chi connectivity index (χ0v) is 13.3. The van der Waals surface area contributed by atoms with Crippen molar-refractivity contribution in [3.8, 4) is 5.69 Å². The van der Waals surface area contributed by atoms with Crippen LogP contribution in [0.1, 0.15) is 29.2 Å². The summed E-state index contributed by atoms with van der Waals surface area (Å²) >= 11 is 3.44. The molecule has 0 radical (unpaired) electrons. The van der Waals surface area contributed by atoms with Gasteiger partial charge in [-0.05, 0) is 47.1 Å². The Morgan fingerprint density at radius 2 is 2.14 bits per heavy atom. The number of para-hydroxylation sites is 1. The van der Waals surface area contributed by atoms with Crippen molar-refractivity contribution in [1.29, 1.82) is 0 Å². The molecule has 2 heterocycles. The van der Waals surface area contributed by atoms with E-state index in [4.69, 9.17) is 4.42 Å². The standard InChI is InChI=1S/C15H13BrN4O2/c1-10(14-7-4-8-22-14)17-15(21)12-9-20(19-18-12)13-6-3-2-5-11(13)16/h2-10H,1H3,(H,17,21). The van der Waals surface area contributed by atoms with E-state index < -0.39 is 0 Å². The predicted octanol–water partition coefficient (Wildman–Crippen LogP) is 3.11. The first-order valence-electron chi connectivity index (χ1n) is 6.66. The molecule has 1 unspecified atom stereocenters. The molecule has 0 aliphatic heterocycles. The molecule has 0 bridgehead atoms. The minimum absolute atomic E-state index is 0.240. The monoisotopic (exact) mass is 360 g/mol. The van der Waals surface area contributed by atoms with Crippen molar-refractivity contribution < 1.29 is 9.21 Å². The Morgan fingerprint density at radius 3 is 2.86 bits per heavy atom. The summed E-state index contributed by atoms with van der Waals surface area (Å²) in [6, 6.07) is 10.9. The molecule has 0 fully saturated rings. The van der Waals surface area contributed by atoms with Crippen molar-refractivity contribution in [2.75, 3.05) is 0 Å². The second kappa shape index (κ2) is 6.15. The average molecular weight is 361 g/mol. The molecule has 6 nitrogen and oxygen atoms in total. The zero-order chi connectivity index (χ0) is 15.5. The van der Waals surface area contributed by atoms with Gasteiger partial charge in [-0.15, -0.1) is 5.10 Å². The number of rotatable bonds is 4. The van der Waals surface area contributed by atoms with E-state index in [-0.39, 0.29) is 17.6 Å². The third kappa shape index (κ3) is 2.94. The van der Waals surface area contributed by atoms with Gasteiger partial charge >= 0.3 is 0 Å². The van der Waals surface area contributed by atoms with Gasteiger partial charge in [-0.25, -0.2) is 4.68 Å². The maximum atomic E-state index is 12.2. The minimum Gasteiger partial charge on any atom is -0.467 e. The molecule has 7 heteroatoms. The number of nitrogens with one attached hydrogen (secondary N) is 1. The Bertz CT molecular complexity index is 782. The summed E-state index contributed by atoms with van der Waals surface area (Å²) < 4.78 is 7.68. The number of benzene rings is 1. The second-order valence-corrected chi connectivity index (χ2v) is 5.56. The van der Waals surface area contributed by atoms with E-state index in [1.807, 2.05) is 37.3 Å². The SMILES string of the molecule is CC(NC(=O)c1cn(-c2ccccc2Br)nn1)c1ccco1. The topological polar surface area (TPSA) is 73.0 Å². The Hall–Kier alpha value is -2.41. The van der Waals surface area contributed by atoms with Crippen LogP contribution >= 0.6 is 15.9 Å². The molecule has 3 aromatic rings. The first-order chi connectivity index (χ1) is 10.6. The third-order valence-corrected chi connectivity index (χ3v) is 3.81. The molecular formula is C15H13BrN4O2. The number of halogens is 1. The number of carbonyl (C=O) groups is 1. The first kappa shape index (κ1) is 14.5. The number of nitrogens with zero attached hydrogens (tertiary/aromatic N) is 3. The largest absolute Gasteiger partial charge is 0.467 e. The normalized spacial score (nSPS) is 12.1. The van der Waals surface area contributed by atoms with Crippen LogP contribution in [0.15, 0.2) is 57.7 Å². The number of hydrogen-bond acceptors (Lipinski definition) is 4. The summed E-state index contributed by atoms with van der Waals surface area (Å²) in [5, 5.41) is 10.7. The highest BCUT2D eigenvalue weighted by Crippen LogP contribution is 2.19. The van der Waals surface area contributed by atoms with E-state index in [0.29, 0.717) is 5.76 Å². The van der Waals surface area contributed by atoms with Gasteiger partial charge in [0.1, 0.15) is 5.76 Å². The van der Waals surface area contributed by atoms with Crippen LogP contribution in [0.4, 0.5) is 0 Å². The second-order valence-electron chi connectivity index (χ2n) is 4.71. The summed E-state index contributed by atoms with van der Waals surface area (Å²) in [5.74, 6) is 0.383. The van der Waals surface area contributed by atoms with Gasteiger partial charge in [0.2, 0.25) is 0 Å². The molecule has 0 saturated carbocycles. The quantitative estimate of drug-likeness (QED) is 0.775. The van der Waals surface area contributed by atoms with Crippen LogP contribution in [-0.2, 0) is 0 Å². The lowest BCUT2D eigenvalue weighted by molar-refractivity contribution is 0.0930. The van der Waals surface area contributed by atoms with Gasteiger partial charge in [-0.3, -0.25) is 4.79 Å². The lowest BCUT2D eigenvalue weighted by atomic mass is 10.2. The van der Waals surface area contributed by atoms with E-state index >= 15 is 0 Å². The van der Waals surface area contributed by atoms with E-state index in [0.717, 1.165) is 10.2 Å². The van der Waals surface area contributed by atoms with Crippen LogP contribution in [0.5, 0.6) is 0 Å². The molecule has 1 N–H and O–H groups in total. The molecule has 1 atom stereocenters. The molecule has 0 spiro atoms. The van der Waals surface area contributed by atoms with Gasteiger partial charge in [0.25, 0.3) is 5.91 Å². The molecule has 1 aromatic carbocycles. The summed E-state index contributed by atoms with van der Waals surface area (Å²) in [5.41, 5.74) is 1.06. The number of aromatic nitrogens is 3. The lowest BCUT2D eigenvalue weighted by Crippen LogP contribution is -2.26. The molecule has 1 amide bonds. The van der Waals surface area contributed by atoms with Crippen molar-refractivity contribution in [2.24, 2.45) is 0 Å². The molecular weight excluding hydrogens is 348 g/mol. The first-order valence-corrected chi connectivity index (χ1v) is 7.46. The van der Waals surface area contributed by atoms with Crippen LogP contribution in [0.25, 0.3) is 5.69 Å². The average Bonchev–Trinajstić information content (AvgIpc) is 3.19. The smallest absolute Gasteiger partial charge is 0.274 e. The van der Waals surface area contributed by atoms with E-state index in [1.165, 1.54) is 0 Å². The maximum absolute atomic E-state index is 12.2. The fourth-order valence-electron chi connectivity index (χ4n) is 2.00. The van der Waals surface area contributed by atoms with Crippen LogP contribution in [-0.4, -0.2) is 20.9 Å². The van der Waals surface area contributed by atoms with Crippen molar-refractivity contribution in [1.82, 2.24) is 20.3 Å². The fraction of sp³-hybridized carbons (Fsp3) is 0.133. The number of furan rings is 1.